The number of allylic oxidation sites excluding steroid dienone is 1. The molecule has 0 aliphatic carbocycles. The molecule has 0 radical (unpaired) electrons. The van der Waals surface area contributed by atoms with Gasteiger partial charge in [-0.1, -0.05) is 47.7 Å². The van der Waals surface area contributed by atoms with Gasteiger partial charge in [0.05, 0.1) is 10.3 Å². The Morgan fingerprint density at radius 1 is 1.12 bits per heavy atom. The van der Waals surface area contributed by atoms with Crippen LogP contribution in [0.25, 0.3) is 21.3 Å². The molecule has 0 saturated carbocycles. The Hall–Kier alpha value is -2.57. The van der Waals surface area contributed by atoms with Crippen molar-refractivity contribution in [1.82, 2.24) is 9.38 Å². The molecule has 0 aliphatic heterocycles. The Morgan fingerprint density at radius 2 is 1.85 bits per heavy atom. The van der Waals surface area contributed by atoms with Crippen LogP contribution in [-0.2, 0) is 0 Å². The fraction of sp³-hybridized carbons (Fsp3) is 0.150. The van der Waals surface area contributed by atoms with E-state index in [0.29, 0.717) is 20.9 Å². The molecule has 26 heavy (non-hydrogen) atoms. The molecule has 0 N–H and O–H groups in total. The Morgan fingerprint density at radius 3 is 2.58 bits per heavy atom. The molecule has 4 nitrogen and oxygen atoms in total. The van der Waals surface area contributed by atoms with Crippen LogP contribution < -0.4 is 5.56 Å². The van der Waals surface area contributed by atoms with E-state index < -0.39 is 0 Å². The fourth-order valence-electron chi connectivity index (χ4n) is 2.95. The quantitative estimate of drug-likeness (QED) is 0.379. The van der Waals surface area contributed by atoms with Gasteiger partial charge in [0.1, 0.15) is 4.83 Å². The lowest BCUT2D eigenvalue weighted by Gasteiger charge is -1.97. The molecule has 0 bridgehead atoms. The summed E-state index contributed by atoms with van der Waals surface area (Å²) in [5, 5.41) is 0.657. The third kappa shape index (κ3) is 2.62. The summed E-state index contributed by atoms with van der Waals surface area (Å²) in [6.07, 6.45) is 3.34. The molecular formula is C20H16N2O2S2. The first-order valence-corrected chi connectivity index (χ1v) is 9.80. The van der Waals surface area contributed by atoms with Crippen molar-refractivity contribution >= 4 is 49.7 Å². The van der Waals surface area contributed by atoms with E-state index in [9.17, 15) is 9.59 Å². The maximum atomic E-state index is 13.0. The van der Waals surface area contributed by atoms with Gasteiger partial charge in [-0.2, -0.15) is 0 Å². The minimum atomic E-state index is -0.113. The number of fused-ring (bicyclic) bond motifs is 2. The molecule has 4 rings (SSSR count). The fourth-order valence-corrected chi connectivity index (χ4v) is 5.06. The summed E-state index contributed by atoms with van der Waals surface area (Å²) in [5.41, 5.74) is 2.49. The second-order valence-electron chi connectivity index (χ2n) is 6.12. The molecule has 3 heterocycles. The standard InChI is InChI=1S/C20H16N2O2S2/c1-11-13(3)25-18-16(11)19(24)22-12(2)17(26-20(22)21-18)15(23)10-9-14-7-5-4-6-8-14/h4-10H,1-3H3/b10-9+. The highest BCUT2D eigenvalue weighted by molar-refractivity contribution is 7.20. The Labute approximate surface area is 158 Å². The highest BCUT2D eigenvalue weighted by atomic mass is 32.1. The van der Waals surface area contributed by atoms with Gasteiger partial charge in [0, 0.05) is 10.6 Å². The molecule has 0 spiro atoms. The lowest BCUT2D eigenvalue weighted by atomic mass is 10.2. The number of benzene rings is 1. The van der Waals surface area contributed by atoms with Crippen molar-refractivity contribution < 1.29 is 4.79 Å². The average Bonchev–Trinajstić information content (AvgIpc) is 3.11. The minimum absolute atomic E-state index is 0.0910. The second-order valence-corrected chi connectivity index (χ2v) is 8.30. The van der Waals surface area contributed by atoms with Crippen molar-refractivity contribution in [3.8, 4) is 0 Å². The van der Waals surface area contributed by atoms with Crippen molar-refractivity contribution in [2.24, 2.45) is 0 Å². The van der Waals surface area contributed by atoms with Gasteiger partial charge in [-0.15, -0.1) is 11.3 Å². The Bertz CT molecular complexity index is 1240. The number of ketones is 1. The molecule has 0 atom stereocenters. The molecule has 0 amide bonds. The minimum Gasteiger partial charge on any atom is -0.288 e. The SMILES string of the molecule is Cc1sc2nc3sc(C(=O)/C=C/c4ccccc4)c(C)n3c(=O)c2c1C. The molecule has 130 valence electrons. The third-order valence-electron chi connectivity index (χ3n) is 4.48. The van der Waals surface area contributed by atoms with Crippen LogP contribution in [0.4, 0.5) is 0 Å². The van der Waals surface area contributed by atoms with Crippen LogP contribution in [-0.4, -0.2) is 15.2 Å². The predicted octanol–water partition coefficient (Wildman–Crippen LogP) is 4.79. The summed E-state index contributed by atoms with van der Waals surface area (Å²) in [6, 6.07) is 9.66. The van der Waals surface area contributed by atoms with Gasteiger partial charge in [-0.25, -0.2) is 4.98 Å². The van der Waals surface area contributed by atoms with E-state index in [1.807, 2.05) is 44.2 Å². The summed E-state index contributed by atoms with van der Waals surface area (Å²) in [4.78, 5) is 33.2. The zero-order valence-corrected chi connectivity index (χ0v) is 16.2. The maximum absolute atomic E-state index is 13.0. The van der Waals surface area contributed by atoms with Gasteiger partial charge >= 0.3 is 0 Å². The number of hydrogen-bond donors (Lipinski definition) is 0. The zero-order chi connectivity index (χ0) is 18.4. The number of hydrogen-bond acceptors (Lipinski definition) is 5. The van der Waals surface area contributed by atoms with Crippen LogP contribution >= 0.6 is 22.7 Å². The molecule has 1 aromatic carbocycles. The predicted molar refractivity (Wildman–Crippen MR) is 109 cm³/mol. The number of aromatic nitrogens is 2. The molecule has 0 fully saturated rings. The lowest BCUT2D eigenvalue weighted by Crippen LogP contribution is -2.15. The van der Waals surface area contributed by atoms with E-state index in [-0.39, 0.29) is 11.3 Å². The average molecular weight is 380 g/mol. The first kappa shape index (κ1) is 16.9. The largest absolute Gasteiger partial charge is 0.288 e. The summed E-state index contributed by atoms with van der Waals surface area (Å²) >= 11 is 2.79. The number of carbonyl (C=O) groups excluding carboxylic acids is 1. The van der Waals surface area contributed by atoms with Crippen LogP contribution in [0, 0.1) is 20.8 Å². The third-order valence-corrected chi connectivity index (χ3v) is 6.74. The number of aryl methyl sites for hydroxylation is 3. The highest BCUT2D eigenvalue weighted by Crippen LogP contribution is 2.29. The van der Waals surface area contributed by atoms with Crippen LogP contribution in [0.3, 0.4) is 0 Å². The number of rotatable bonds is 3. The van der Waals surface area contributed by atoms with Crippen molar-refractivity contribution in [3.63, 3.8) is 0 Å². The van der Waals surface area contributed by atoms with E-state index in [4.69, 9.17) is 0 Å². The van der Waals surface area contributed by atoms with Crippen molar-refractivity contribution in [2.75, 3.05) is 0 Å². The van der Waals surface area contributed by atoms with Gasteiger partial charge < -0.3 is 0 Å². The van der Waals surface area contributed by atoms with E-state index in [1.54, 1.807) is 23.5 Å². The van der Waals surface area contributed by atoms with Crippen LogP contribution in [0.15, 0.2) is 41.2 Å². The maximum Gasteiger partial charge on any atom is 0.267 e. The van der Waals surface area contributed by atoms with Crippen molar-refractivity contribution in [2.45, 2.75) is 20.8 Å². The number of thiazole rings is 1. The summed E-state index contributed by atoms with van der Waals surface area (Å²) in [6.45, 7) is 5.74. The normalized spacial score (nSPS) is 11.8. The summed E-state index contributed by atoms with van der Waals surface area (Å²) < 4.78 is 1.57. The van der Waals surface area contributed by atoms with Crippen LogP contribution in [0.2, 0.25) is 0 Å². The molecule has 0 unspecified atom stereocenters. The van der Waals surface area contributed by atoms with Gasteiger partial charge in [-0.05, 0) is 38.0 Å². The zero-order valence-electron chi connectivity index (χ0n) is 14.6. The number of thiophene rings is 1. The van der Waals surface area contributed by atoms with Gasteiger partial charge in [0.25, 0.3) is 5.56 Å². The summed E-state index contributed by atoms with van der Waals surface area (Å²) in [5.74, 6) is -0.113. The first-order valence-electron chi connectivity index (χ1n) is 8.16. The number of nitrogens with zero attached hydrogens (tertiary/aromatic N) is 2. The smallest absolute Gasteiger partial charge is 0.267 e. The Kier molecular flexibility index (Phi) is 4.09. The van der Waals surface area contributed by atoms with E-state index in [1.165, 1.54) is 22.7 Å². The molecule has 3 aromatic heterocycles. The first-order chi connectivity index (χ1) is 12.5. The summed E-state index contributed by atoms with van der Waals surface area (Å²) in [7, 11) is 0. The van der Waals surface area contributed by atoms with Crippen molar-refractivity contribution in [3.05, 3.63) is 73.3 Å². The molecule has 6 heteroatoms. The van der Waals surface area contributed by atoms with E-state index in [0.717, 1.165) is 20.8 Å². The monoisotopic (exact) mass is 380 g/mol. The lowest BCUT2D eigenvalue weighted by molar-refractivity contribution is 0.105. The molecule has 0 saturated heterocycles. The Balaban J connectivity index is 1.84. The molecular weight excluding hydrogens is 364 g/mol. The molecule has 4 aromatic rings. The second kappa shape index (κ2) is 6.30. The van der Waals surface area contributed by atoms with Crippen LogP contribution in [0.5, 0.6) is 0 Å². The van der Waals surface area contributed by atoms with Crippen LogP contribution in [0.1, 0.15) is 31.4 Å². The van der Waals surface area contributed by atoms with Gasteiger partial charge in [-0.3, -0.25) is 14.0 Å². The topological polar surface area (TPSA) is 51.4 Å². The van der Waals surface area contributed by atoms with Crippen molar-refractivity contribution in [1.29, 1.82) is 0 Å². The molecule has 0 aliphatic rings. The van der Waals surface area contributed by atoms with Gasteiger partial charge in [0.2, 0.25) is 0 Å². The number of carbonyl (C=O) groups is 1. The van der Waals surface area contributed by atoms with E-state index in [2.05, 4.69) is 4.98 Å². The van der Waals surface area contributed by atoms with Gasteiger partial charge in [0.15, 0.2) is 10.7 Å². The van der Waals surface area contributed by atoms with E-state index >= 15 is 0 Å². The highest BCUT2D eigenvalue weighted by Gasteiger charge is 2.19.